The Kier molecular flexibility index (Phi) is 9.85. The number of aryl methyl sites for hydroxylation is 4. The molecular formula is C36H39N13O6. The summed E-state index contributed by atoms with van der Waals surface area (Å²) < 4.78 is 18.2. The van der Waals surface area contributed by atoms with Crippen molar-refractivity contribution in [2.24, 2.45) is 11.5 Å². The lowest BCUT2D eigenvalue weighted by molar-refractivity contribution is -0.0792. The predicted molar refractivity (Wildman–Crippen MR) is 200 cm³/mol. The van der Waals surface area contributed by atoms with Gasteiger partial charge in [-0.1, -0.05) is 12.2 Å². The second-order valence-electron chi connectivity index (χ2n) is 12.9. The molecule has 19 nitrogen and oxygen atoms in total. The first-order valence-electron chi connectivity index (χ1n) is 17.5. The average molecular weight is 750 g/mol. The number of pyridine rings is 1. The molecule has 0 radical (unpaired) electrons. The Morgan fingerprint density at radius 1 is 0.800 bits per heavy atom. The van der Waals surface area contributed by atoms with Crippen LogP contribution in [0, 0.1) is 13.8 Å². The Morgan fingerprint density at radius 3 is 1.89 bits per heavy atom. The summed E-state index contributed by atoms with van der Waals surface area (Å²) in [7, 11) is 0. The molecule has 6 heterocycles. The lowest BCUT2D eigenvalue weighted by Gasteiger charge is -2.27. The summed E-state index contributed by atoms with van der Waals surface area (Å²) in [5, 5.41) is 14.5. The molecule has 6 N–H and O–H groups in total. The number of hydrogen-bond acceptors (Lipinski definition) is 11. The number of aromatic nitrogens is 9. The van der Waals surface area contributed by atoms with Gasteiger partial charge in [0.25, 0.3) is 11.8 Å². The molecular weight excluding hydrogens is 710 g/mol. The number of fused-ring (bicyclic) bond motifs is 2. The Balaban J connectivity index is 1.25. The van der Waals surface area contributed by atoms with Crippen molar-refractivity contribution in [1.29, 1.82) is 0 Å². The molecule has 0 aliphatic carbocycles. The maximum atomic E-state index is 13.6. The number of benzene rings is 1. The number of allylic oxidation sites excluding steroid dienone is 2. The zero-order chi connectivity index (χ0) is 39.0. The van der Waals surface area contributed by atoms with E-state index in [2.05, 4.69) is 30.8 Å². The van der Waals surface area contributed by atoms with Gasteiger partial charge in [-0.25, -0.2) is 15.0 Å². The molecule has 0 unspecified atom stereocenters. The number of primary amides is 2. The molecule has 55 heavy (non-hydrogen) atoms. The van der Waals surface area contributed by atoms with Crippen molar-refractivity contribution in [1.82, 2.24) is 43.6 Å². The summed E-state index contributed by atoms with van der Waals surface area (Å²) in [5.74, 6) is -1.48. The third-order valence-electron chi connectivity index (χ3n) is 8.92. The van der Waals surface area contributed by atoms with Crippen LogP contribution in [0.4, 0.5) is 11.9 Å². The van der Waals surface area contributed by atoms with E-state index in [1.54, 1.807) is 56.6 Å². The van der Waals surface area contributed by atoms with Crippen molar-refractivity contribution in [3.8, 4) is 5.75 Å². The highest BCUT2D eigenvalue weighted by atomic mass is 16.6. The number of carbonyl (C=O) groups is 4. The van der Waals surface area contributed by atoms with Gasteiger partial charge in [0.15, 0.2) is 5.65 Å². The van der Waals surface area contributed by atoms with Gasteiger partial charge in [0.05, 0.1) is 35.7 Å². The normalized spacial score (nSPS) is 13.1. The lowest BCUT2D eigenvalue weighted by atomic mass is 10.1. The predicted octanol–water partition coefficient (Wildman–Crippen LogP) is 2.57. The third-order valence-corrected chi connectivity index (χ3v) is 8.92. The second-order valence-corrected chi connectivity index (χ2v) is 12.9. The molecule has 6 aromatic rings. The molecule has 1 aliphatic rings. The van der Waals surface area contributed by atoms with E-state index in [-0.39, 0.29) is 42.2 Å². The Morgan fingerprint density at radius 2 is 1.35 bits per heavy atom. The number of nitrogens with zero attached hydrogens (tertiary/aromatic N) is 9. The fourth-order valence-electron chi connectivity index (χ4n) is 6.24. The fraction of sp³-hybridized carbons (Fsp3) is 0.306. The van der Waals surface area contributed by atoms with Crippen LogP contribution in [0.15, 0.2) is 48.7 Å². The molecule has 0 bridgehead atoms. The van der Waals surface area contributed by atoms with Gasteiger partial charge >= 0.3 is 0 Å². The molecule has 1 aliphatic heterocycles. The number of rotatable bonds is 14. The highest BCUT2D eigenvalue weighted by molar-refractivity contribution is 6.05. The van der Waals surface area contributed by atoms with Crippen LogP contribution in [0.3, 0.4) is 0 Å². The Labute approximate surface area is 313 Å². The van der Waals surface area contributed by atoms with E-state index in [0.29, 0.717) is 77.0 Å². The van der Waals surface area contributed by atoms with Crippen molar-refractivity contribution in [3.63, 3.8) is 0 Å². The lowest BCUT2D eigenvalue weighted by Crippen LogP contribution is -2.38. The first-order chi connectivity index (χ1) is 26.4. The van der Waals surface area contributed by atoms with Crippen molar-refractivity contribution >= 4 is 57.7 Å². The van der Waals surface area contributed by atoms with E-state index in [1.807, 2.05) is 26.0 Å². The maximum Gasteiger partial charge on any atom is 0.276 e. The summed E-state index contributed by atoms with van der Waals surface area (Å²) >= 11 is 0. The molecule has 1 fully saturated rings. The number of nitrogens with one attached hydrogen (secondary N) is 2. The standard InChI is InChI=1S/C36H39N13O6/c1-5-48-26(11-19(3)44-48)33(52)42-35-40-24-13-21(30(37)50)15-28(55-23-17-54-18-23)29(24)46(35)9-7-8-10-47-32-25(14-22(16-39-32)31(38)51)41-36(47)43-34(53)27-12-20(4)45-49(27)6-2/h7-8,11-16,23H,5-6,9-10,17-18H2,1-4H3,(H2,37,50)(H2,38,51)(H,40,42,52)(H,41,43,53)/b8-7+. The summed E-state index contributed by atoms with van der Waals surface area (Å²) in [6.07, 6.45) is 4.75. The largest absolute Gasteiger partial charge is 0.483 e. The van der Waals surface area contributed by atoms with E-state index in [1.165, 1.54) is 12.3 Å². The van der Waals surface area contributed by atoms with Gasteiger partial charge in [0.2, 0.25) is 23.7 Å². The number of carbonyl (C=O) groups excluding carboxylic acids is 4. The van der Waals surface area contributed by atoms with Gasteiger partial charge in [-0.3, -0.25) is 43.7 Å². The van der Waals surface area contributed by atoms with Crippen molar-refractivity contribution in [2.75, 3.05) is 23.8 Å². The van der Waals surface area contributed by atoms with Gasteiger partial charge in [-0.15, -0.1) is 0 Å². The van der Waals surface area contributed by atoms with Crippen LogP contribution < -0.4 is 26.8 Å². The van der Waals surface area contributed by atoms with Crippen LogP contribution in [0.5, 0.6) is 5.75 Å². The summed E-state index contributed by atoms with van der Waals surface area (Å²) in [5.41, 5.74) is 15.2. The van der Waals surface area contributed by atoms with E-state index >= 15 is 0 Å². The van der Waals surface area contributed by atoms with Gasteiger partial charge in [0, 0.05) is 37.9 Å². The molecule has 284 valence electrons. The zero-order valence-electron chi connectivity index (χ0n) is 30.6. The van der Waals surface area contributed by atoms with Crippen LogP contribution in [0.1, 0.15) is 66.9 Å². The molecule has 5 aromatic heterocycles. The fourth-order valence-corrected chi connectivity index (χ4v) is 6.24. The molecule has 4 amide bonds. The molecule has 0 atom stereocenters. The van der Waals surface area contributed by atoms with E-state index < -0.39 is 23.6 Å². The van der Waals surface area contributed by atoms with Gasteiger partial charge in [-0.05, 0) is 58.0 Å². The third kappa shape index (κ3) is 7.23. The average Bonchev–Trinajstić information content (AvgIpc) is 3.90. The minimum absolute atomic E-state index is 0.162. The Bertz CT molecular complexity index is 2520. The number of nitrogens with two attached hydrogens (primary N) is 2. The van der Waals surface area contributed by atoms with E-state index in [9.17, 15) is 19.2 Å². The van der Waals surface area contributed by atoms with E-state index in [0.717, 1.165) is 0 Å². The monoisotopic (exact) mass is 749 g/mol. The highest BCUT2D eigenvalue weighted by Gasteiger charge is 2.26. The van der Waals surface area contributed by atoms with Crippen molar-refractivity contribution in [2.45, 2.75) is 60.0 Å². The molecule has 0 saturated carbocycles. The molecule has 7 rings (SSSR count). The minimum atomic E-state index is -0.669. The van der Waals surface area contributed by atoms with Gasteiger partial charge in [-0.2, -0.15) is 10.2 Å². The Hall–Kier alpha value is -6.89. The molecule has 0 spiro atoms. The van der Waals surface area contributed by atoms with Crippen LogP contribution in [0.2, 0.25) is 0 Å². The number of amides is 4. The summed E-state index contributed by atoms with van der Waals surface area (Å²) in [4.78, 5) is 65.1. The summed E-state index contributed by atoms with van der Waals surface area (Å²) in [6.45, 7) is 9.42. The van der Waals surface area contributed by atoms with Crippen LogP contribution >= 0.6 is 0 Å². The first-order valence-corrected chi connectivity index (χ1v) is 17.5. The van der Waals surface area contributed by atoms with Crippen LogP contribution in [0.25, 0.3) is 22.2 Å². The first kappa shape index (κ1) is 36.5. The number of anilines is 2. The number of hydrogen-bond donors (Lipinski definition) is 4. The van der Waals surface area contributed by atoms with Crippen molar-refractivity contribution in [3.05, 3.63) is 82.6 Å². The quantitative estimate of drug-likeness (QED) is 0.118. The molecule has 19 heteroatoms. The van der Waals surface area contributed by atoms with Gasteiger partial charge in [0.1, 0.15) is 34.3 Å². The molecule has 1 aromatic carbocycles. The zero-order valence-corrected chi connectivity index (χ0v) is 30.6. The van der Waals surface area contributed by atoms with Gasteiger partial charge < -0.3 is 25.5 Å². The van der Waals surface area contributed by atoms with Crippen LogP contribution in [-0.2, 0) is 30.9 Å². The second kappa shape index (κ2) is 14.9. The molecule has 1 saturated heterocycles. The smallest absolute Gasteiger partial charge is 0.276 e. The number of imidazole rings is 2. The number of ether oxygens (including phenoxy) is 2. The summed E-state index contributed by atoms with van der Waals surface area (Å²) in [6, 6.07) is 7.97. The SMILES string of the molecule is CCn1nc(C)cc1C(=O)Nc1nc2cc(C(N)=O)cnc2n1C/C=C/Cn1c(NC(=O)c2cc(C)nn2CC)nc2cc(C(N)=O)cc(OC3COC3)c21. The van der Waals surface area contributed by atoms with Crippen molar-refractivity contribution < 1.29 is 28.7 Å². The highest BCUT2D eigenvalue weighted by Crippen LogP contribution is 2.33. The van der Waals surface area contributed by atoms with Crippen LogP contribution in [-0.4, -0.2) is 86.6 Å². The topological polar surface area (TPSA) is 247 Å². The maximum absolute atomic E-state index is 13.6. The minimum Gasteiger partial charge on any atom is -0.483 e. The van der Waals surface area contributed by atoms with E-state index in [4.69, 9.17) is 25.9 Å².